The largest absolute Gasteiger partial charge is 0.363 e. The number of hydrogen-bond donors (Lipinski definition) is 2. The van der Waals surface area contributed by atoms with Crippen molar-refractivity contribution >= 4 is 33.3 Å². The smallest absolute Gasteiger partial charge is 0.166 e. The van der Waals surface area contributed by atoms with Crippen molar-refractivity contribution in [3.8, 4) is 0 Å². The first-order valence-corrected chi connectivity index (χ1v) is 7.12. The number of nitrogens with one attached hydrogen (secondary N) is 2. The van der Waals surface area contributed by atoms with Gasteiger partial charge in [0.2, 0.25) is 0 Å². The number of aromatic nitrogens is 2. The summed E-state index contributed by atoms with van der Waals surface area (Å²) >= 11 is 8.52. The van der Waals surface area contributed by atoms with E-state index in [0.29, 0.717) is 0 Å². The molecule has 6 heteroatoms. The Labute approximate surface area is 116 Å². The number of halogens is 1. The van der Waals surface area contributed by atoms with E-state index in [-0.39, 0.29) is 0 Å². The highest BCUT2D eigenvalue weighted by molar-refractivity contribution is 9.10. The molecule has 0 aromatic carbocycles. The van der Waals surface area contributed by atoms with E-state index in [1.165, 1.54) is 6.42 Å². The number of aryl methyl sites for hydroxylation is 1. The highest BCUT2D eigenvalue weighted by atomic mass is 79.9. The second-order valence-electron chi connectivity index (χ2n) is 3.81. The molecule has 0 atom stereocenters. The first kappa shape index (κ1) is 14.4. The maximum atomic E-state index is 5.15. The van der Waals surface area contributed by atoms with Gasteiger partial charge in [-0.15, -0.1) is 0 Å². The molecule has 0 aliphatic heterocycles. The van der Waals surface area contributed by atoms with Crippen LogP contribution in [0.4, 0.5) is 0 Å². The normalized spacial score (nSPS) is 10.2. The Morgan fingerprint density at radius 2 is 2.12 bits per heavy atom. The quantitative estimate of drug-likeness (QED) is 0.598. The second kappa shape index (κ2) is 8.47. The van der Waals surface area contributed by atoms with Gasteiger partial charge in [-0.2, -0.15) is 5.10 Å². The van der Waals surface area contributed by atoms with Gasteiger partial charge in [0.1, 0.15) is 0 Å². The monoisotopic (exact) mass is 318 g/mol. The van der Waals surface area contributed by atoms with E-state index in [0.717, 1.165) is 42.1 Å². The zero-order valence-corrected chi connectivity index (χ0v) is 12.5. The topological polar surface area (TPSA) is 41.9 Å². The molecule has 0 aliphatic rings. The minimum absolute atomic E-state index is 0.750. The fourth-order valence-corrected chi connectivity index (χ4v) is 1.88. The molecule has 4 nitrogen and oxygen atoms in total. The van der Waals surface area contributed by atoms with Gasteiger partial charge in [0, 0.05) is 25.8 Å². The fourth-order valence-electron chi connectivity index (χ4n) is 1.34. The average molecular weight is 319 g/mol. The third kappa shape index (κ3) is 6.63. The molecule has 2 N–H and O–H groups in total. The van der Waals surface area contributed by atoms with Crippen molar-refractivity contribution in [1.29, 1.82) is 0 Å². The van der Waals surface area contributed by atoms with Crippen LogP contribution in [0.2, 0.25) is 0 Å². The van der Waals surface area contributed by atoms with Gasteiger partial charge in [-0.1, -0.05) is 13.3 Å². The van der Waals surface area contributed by atoms with Gasteiger partial charge in [-0.3, -0.25) is 4.68 Å². The lowest BCUT2D eigenvalue weighted by atomic mass is 10.3. The summed E-state index contributed by atoms with van der Waals surface area (Å²) < 4.78 is 2.93. The van der Waals surface area contributed by atoms with Crippen molar-refractivity contribution in [2.75, 3.05) is 13.1 Å². The summed E-state index contributed by atoms with van der Waals surface area (Å²) in [7, 11) is 0. The Hall–Kier alpha value is -0.620. The van der Waals surface area contributed by atoms with Crippen molar-refractivity contribution in [3.05, 3.63) is 16.9 Å². The zero-order chi connectivity index (χ0) is 12.5. The number of nitrogens with zero attached hydrogens (tertiary/aromatic N) is 2. The summed E-state index contributed by atoms with van der Waals surface area (Å²) in [6, 6.07) is 0. The number of hydrogen-bond acceptors (Lipinski definition) is 2. The summed E-state index contributed by atoms with van der Waals surface area (Å²) in [6.07, 6.45) is 7.11. The summed E-state index contributed by atoms with van der Waals surface area (Å²) in [5.41, 5.74) is 0. The Morgan fingerprint density at radius 1 is 1.41 bits per heavy atom. The number of unbranched alkanes of at least 4 members (excludes halogenated alkanes) is 1. The highest BCUT2D eigenvalue weighted by Crippen LogP contribution is 2.06. The van der Waals surface area contributed by atoms with Crippen molar-refractivity contribution in [1.82, 2.24) is 20.4 Å². The predicted molar refractivity (Wildman–Crippen MR) is 78.1 cm³/mol. The van der Waals surface area contributed by atoms with Gasteiger partial charge in [-0.25, -0.2) is 0 Å². The fraction of sp³-hybridized carbons (Fsp3) is 0.636. The lowest BCUT2D eigenvalue weighted by molar-refractivity contribution is 0.571. The van der Waals surface area contributed by atoms with Crippen molar-refractivity contribution in [3.63, 3.8) is 0 Å². The lowest BCUT2D eigenvalue weighted by Gasteiger charge is -2.09. The van der Waals surface area contributed by atoms with E-state index in [4.69, 9.17) is 12.2 Å². The molecule has 96 valence electrons. The predicted octanol–water partition coefficient (Wildman–Crippen LogP) is 2.30. The van der Waals surface area contributed by atoms with Crippen LogP contribution in [-0.4, -0.2) is 28.0 Å². The van der Waals surface area contributed by atoms with E-state index < -0.39 is 0 Å². The standard InChI is InChI=1S/C11H19BrN4S/c1-2-3-5-13-11(17)14-6-4-7-16-9-10(12)8-15-16/h8-9H,2-7H2,1H3,(H2,13,14,17). The second-order valence-corrected chi connectivity index (χ2v) is 5.14. The molecular formula is C11H19BrN4S. The summed E-state index contributed by atoms with van der Waals surface area (Å²) in [6.45, 7) is 4.89. The van der Waals surface area contributed by atoms with Gasteiger partial charge in [0.15, 0.2) is 5.11 Å². The Kier molecular flexibility index (Phi) is 7.19. The van der Waals surface area contributed by atoms with Crippen LogP contribution in [0.3, 0.4) is 0 Å². The molecule has 0 spiro atoms. The Morgan fingerprint density at radius 3 is 2.71 bits per heavy atom. The molecule has 0 fully saturated rings. The maximum absolute atomic E-state index is 5.15. The van der Waals surface area contributed by atoms with Crippen LogP contribution in [0.25, 0.3) is 0 Å². The van der Waals surface area contributed by atoms with E-state index in [1.807, 2.05) is 10.9 Å². The van der Waals surface area contributed by atoms with Gasteiger partial charge < -0.3 is 10.6 Å². The average Bonchev–Trinajstić information content (AvgIpc) is 2.71. The third-order valence-corrected chi connectivity index (χ3v) is 2.97. The molecule has 0 unspecified atom stereocenters. The van der Waals surface area contributed by atoms with Gasteiger partial charge in [-0.05, 0) is 41.0 Å². The van der Waals surface area contributed by atoms with Crippen LogP contribution in [0.1, 0.15) is 26.2 Å². The molecule has 1 heterocycles. The van der Waals surface area contributed by atoms with Crippen LogP contribution in [-0.2, 0) is 6.54 Å². The molecule has 1 rings (SSSR count). The van der Waals surface area contributed by atoms with Crippen molar-refractivity contribution < 1.29 is 0 Å². The molecule has 0 aliphatic carbocycles. The first-order valence-electron chi connectivity index (χ1n) is 5.92. The van der Waals surface area contributed by atoms with Gasteiger partial charge >= 0.3 is 0 Å². The molecule has 0 saturated carbocycles. The van der Waals surface area contributed by atoms with E-state index in [9.17, 15) is 0 Å². The summed E-state index contributed by atoms with van der Waals surface area (Å²) in [5, 5.41) is 11.3. The number of thiocarbonyl (C=S) groups is 1. The molecule has 1 aromatic rings. The lowest BCUT2D eigenvalue weighted by Crippen LogP contribution is -2.36. The minimum Gasteiger partial charge on any atom is -0.363 e. The third-order valence-electron chi connectivity index (χ3n) is 2.27. The molecule has 1 aromatic heterocycles. The SMILES string of the molecule is CCCCNC(=S)NCCCn1cc(Br)cn1. The van der Waals surface area contributed by atoms with Crippen LogP contribution >= 0.6 is 28.1 Å². The number of rotatable bonds is 7. The molecule has 17 heavy (non-hydrogen) atoms. The Balaban J connectivity index is 2.02. The summed E-state index contributed by atoms with van der Waals surface area (Å²) in [4.78, 5) is 0. The van der Waals surface area contributed by atoms with Crippen molar-refractivity contribution in [2.24, 2.45) is 0 Å². The van der Waals surface area contributed by atoms with Crippen LogP contribution < -0.4 is 10.6 Å². The van der Waals surface area contributed by atoms with Gasteiger partial charge in [0.05, 0.1) is 10.7 Å². The first-order chi connectivity index (χ1) is 8.22. The van der Waals surface area contributed by atoms with Crippen LogP contribution in [0, 0.1) is 0 Å². The summed E-state index contributed by atoms with van der Waals surface area (Å²) in [5.74, 6) is 0. The Bertz CT molecular complexity index is 340. The van der Waals surface area contributed by atoms with E-state index in [2.05, 4.69) is 38.6 Å². The maximum Gasteiger partial charge on any atom is 0.166 e. The van der Waals surface area contributed by atoms with E-state index >= 15 is 0 Å². The minimum atomic E-state index is 0.750. The van der Waals surface area contributed by atoms with Crippen LogP contribution in [0.5, 0.6) is 0 Å². The van der Waals surface area contributed by atoms with E-state index in [1.54, 1.807) is 6.20 Å². The zero-order valence-electron chi connectivity index (χ0n) is 10.1. The molecule has 0 bridgehead atoms. The molecule has 0 saturated heterocycles. The van der Waals surface area contributed by atoms with Crippen LogP contribution in [0.15, 0.2) is 16.9 Å². The molecular weight excluding hydrogens is 300 g/mol. The van der Waals surface area contributed by atoms with Crippen molar-refractivity contribution in [2.45, 2.75) is 32.7 Å². The molecule has 0 radical (unpaired) electrons. The molecule has 0 amide bonds. The van der Waals surface area contributed by atoms with Gasteiger partial charge in [0.25, 0.3) is 0 Å². The highest BCUT2D eigenvalue weighted by Gasteiger charge is 1.96.